The summed E-state index contributed by atoms with van der Waals surface area (Å²) < 4.78 is 0. The highest BCUT2D eigenvalue weighted by Gasteiger charge is 2.16. The molecule has 24 heavy (non-hydrogen) atoms. The van der Waals surface area contributed by atoms with Gasteiger partial charge in [0.1, 0.15) is 6.54 Å². The van der Waals surface area contributed by atoms with Crippen LogP contribution < -0.4 is 10.6 Å². The van der Waals surface area contributed by atoms with E-state index >= 15 is 0 Å². The van der Waals surface area contributed by atoms with E-state index in [1.807, 2.05) is 24.3 Å². The van der Waals surface area contributed by atoms with Crippen molar-refractivity contribution in [3.05, 3.63) is 59.2 Å². The maximum Gasteiger partial charge on any atom is 0.322 e. The van der Waals surface area contributed by atoms with Crippen LogP contribution in [0.25, 0.3) is 0 Å². The van der Waals surface area contributed by atoms with Gasteiger partial charge in [0.15, 0.2) is 0 Å². The Hall–Kier alpha value is -2.49. The number of anilines is 2. The first-order valence-electron chi connectivity index (χ1n) is 8.62. The molecule has 0 spiro atoms. The average Bonchev–Trinajstić information content (AvgIpc) is 2.84. The third kappa shape index (κ3) is 4.07. The Balaban J connectivity index is 1.88. The second-order valence-electron chi connectivity index (χ2n) is 6.27. The van der Waals surface area contributed by atoms with E-state index in [4.69, 9.17) is 5.11 Å². The fraction of sp³-hybridized carbons (Fsp3) is 0.350. The molecule has 0 unspecified atom stereocenters. The molecule has 0 radical (unpaired) electrons. The van der Waals surface area contributed by atoms with Crippen molar-refractivity contribution in [1.29, 1.82) is 0 Å². The van der Waals surface area contributed by atoms with Crippen molar-refractivity contribution in [2.45, 2.75) is 38.6 Å². The number of fused-ring (bicyclic) bond motifs is 1. The van der Waals surface area contributed by atoms with Crippen LogP contribution in [0.2, 0.25) is 0 Å². The second kappa shape index (κ2) is 7.86. The van der Waals surface area contributed by atoms with Crippen LogP contribution >= 0.6 is 0 Å². The van der Waals surface area contributed by atoms with Crippen LogP contribution in [-0.2, 0) is 24.2 Å². The molecular weight excluding hydrogens is 300 g/mol. The highest BCUT2D eigenvalue weighted by Crippen LogP contribution is 2.34. The number of hydrogen-bond acceptors (Lipinski definition) is 3. The molecule has 4 heteroatoms. The largest absolute Gasteiger partial charge is 0.480 e. The lowest BCUT2D eigenvalue weighted by Gasteiger charge is -2.19. The third-order valence-corrected chi connectivity index (χ3v) is 4.52. The minimum Gasteiger partial charge on any atom is -0.480 e. The van der Waals surface area contributed by atoms with Gasteiger partial charge in [-0.1, -0.05) is 42.8 Å². The standard InChI is InChI=1S/C20H24N2O2/c23-19(24)14-21-18-12-11-16-9-5-2-6-10-17(16)20(18)22-13-15-7-3-1-4-8-15/h1,3-4,7-8,11-12,21-22H,2,5-6,9-10,13-14H2,(H,23,24). The first-order valence-corrected chi connectivity index (χ1v) is 8.62. The maximum atomic E-state index is 10.9. The molecule has 0 saturated carbocycles. The Morgan fingerprint density at radius 1 is 0.958 bits per heavy atom. The Bertz CT molecular complexity index is 698. The van der Waals surface area contributed by atoms with E-state index in [1.165, 1.54) is 36.0 Å². The van der Waals surface area contributed by atoms with Crippen molar-refractivity contribution in [2.75, 3.05) is 17.2 Å². The van der Waals surface area contributed by atoms with Crippen LogP contribution in [0.5, 0.6) is 0 Å². The number of rotatable bonds is 6. The topological polar surface area (TPSA) is 61.4 Å². The zero-order valence-corrected chi connectivity index (χ0v) is 13.8. The Labute approximate surface area is 142 Å². The Morgan fingerprint density at radius 2 is 1.75 bits per heavy atom. The van der Waals surface area contributed by atoms with E-state index in [0.717, 1.165) is 30.8 Å². The number of aliphatic carboxylic acids is 1. The lowest BCUT2D eigenvalue weighted by atomic mass is 9.99. The molecule has 1 aliphatic carbocycles. The summed E-state index contributed by atoms with van der Waals surface area (Å²) in [4.78, 5) is 10.9. The average molecular weight is 324 g/mol. The van der Waals surface area contributed by atoms with Crippen LogP contribution in [0.15, 0.2) is 42.5 Å². The van der Waals surface area contributed by atoms with Crippen molar-refractivity contribution in [2.24, 2.45) is 0 Å². The number of aryl methyl sites for hydroxylation is 1. The quantitative estimate of drug-likeness (QED) is 0.701. The molecule has 0 atom stereocenters. The molecule has 3 N–H and O–H groups in total. The van der Waals surface area contributed by atoms with Crippen LogP contribution in [0.3, 0.4) is 0 Å². The molecule has 0 bridgehead atoms. The smallest absolute Gasteiger partial charge is 0.322 e. The van der Waals surface area contributed by atoms with E-state index in [2.05, 4.69) is 28.8 Å². The summed E-state index contributed by atoms with van der Waals surface area (Å²) in [7, 11) is 0. The predicted molar refractivity (Wildman–Crippen MR) is 97.6 cm³/mol. The second-order valence-corrected chi connectivity index (χ2v) is 6.27. The molecule has 0 aromatic heterocycles. The van der Waals surface area contributed by atoms with Crippen molar-refractivity contribution in [3.8, 4) is 0 Å². The number of nitrogens with one attached hydrogen (secondary N) is 2. The highest BCUT2D eigenvalue weighted by atomic mass is 16.4. The van der Waals surface area contributed by atoms with Crippen LogP contribution in [0.4, 0.5) is 11.4 Å². The van der Waals surface area contributed by atoms with Crippen LogP contribution in [0, 0.1) is 0 Å². The zero-order chi connectivity index (χ0) is 16.8. The summed E-state index contributed by atoms with van der Waals surface area (Å²) in [6.45, 7) is 0.665. The molecule has 2 aromatic rings. The summed E-state index contributed by atoms with van der Waals surface area (Å²) in [5.41, 5.74) is 5.91. The first-order chi connectivity index (χ1) is 11.7. The van der Waals surface area contributed by atoms with Crippen molar-refractivity contribution in [1.82, 2.24) is 0 Å². The van der Waals surface area contributed by atoms with Gasteiger partial charge < -0.3 is 15.7 Å². The first kappa shape index (κ1) is 16.4. The van der Waals surface area contributed by atoms with Crippen molar-refractivity contribution >= 4 is 17.3 Å². The summed E-state index contributed by atoms with van der Waals surface area (Å²) in [5, 5.41) is 15.6. The van der Waals surface area contributed by atoms with Gasteiger partial charge >= 0.3 is 5.97 Å². The normalized spacial score (nSPS) is 13.7. The molecule has 1 aliphatic rings. The van der Waals surface area contributed by atoms with Gasteiger partial charge in [0.2, 0.25) is 0 Å². The van der Waals surface area contributed by atoms with Gasteiger partial charge in [0, 0.05) is 6.54 Å². The molecule has 2 aromatic carbocycles. The van der Waals surface area contributed by atoms with Crippen molar-refractivity contribution in [3.63, 3.8) is 0 Å². The molecule has 0 saturated heterocycles. The molecule has 4 nitrogen and oxygen atoms in total. The van der Waals surface area contributed by atoms with E-state index < -0.39 is 5.97 Å². The highest BCUT2D eigenvalue weighted by molar-refractivity contribution is 5.79. The molecule has 3 rings (SSSR count). The molecule has 0 fully saturated rings. The number of carboxylic acids is 1. The van der Waals surface area contributed by atoms with Gasteiger partial charge in [0.05, 0.1) is 11.4 Å². The van der Waals surface area contributed by atoms with Gasteiger partial charge in [-0.05, 0) is 48.4 Å². The minimum atomic E-state index is -0.848. The Morgan fingerprint density at radius 3 is 2.54 bits per heavy atom. The summed E-state index contributed by atoms with van der Waals surface area (Å²) in [6, 6.07) is 14.4. The number of hydrogen-bond donors (Lipinski definition) is 3. The van der Waals surface area contributed by atoms with Gasteiger partial charge in [-0.3, -0.25) is 4.79 Å². The summed E-state index contributed by atoms with van der Waals surface area (Å²) >= 11 is 0. The maximum absolute atomic E-state index is 10.9. The molecule has 0 amide bonds. The van der Waals surface area contributed by atoms with Gasteiger partial charge in [0.25, 0.3) is 0 Å². The molecule has 126 valence electrons. The minimum absolute atomic E-state index is 0.0706. The van der Waals surface area contributed by atoms with Gasteiger partial charge in [-0.25, -0.2) is 0 Å². The van der Waals surface area contributed by atoms with E-state index in [-0.39, 0.29) is 6.54 Å². The monoisotopic (exact) mass is 324 g/mol. The number of benzene rings is 2. The van der Waals surface area contributed by atoms with Crippen LogP contribution in [-0.4, -0.2) is 17.6 Å². The number of carboxylic acid groups (broad SMARTS) is 1. The summed E-state index contributed by atoms with van der Waals surface area (Å²) in [6.07, 6.45) is 5.83. The fourth-order valence-corrected chi connectivity index (χ4v) is 3.31. The molecule has 0 heterocycles. The van der Waals surface area contributed by atoms with Gasteiger partial charge in [-0.2, -0.15) is 0 Å². The third-order valence-electron chi connectivity index (χ3n) is 4.52. The molecular formula is C20H24N2O2. The SMILES string of the molecule is O=C(O)CNc1ccc2c(c1NCc1ccccc1)CCCCC2. The van der Waals surface area contributed by atoms with E-state index in [9.17, 15) is 4.79 Å². The fourth-order valence-electron chi connectivity index (χ4n) is 3.31. The molecule has 0 aliphatic heterocycles. The van der Waals surface area contributed by atoms with Crippen LogP contribution in [0.1, 0.15) is 36.0 Å². The van der Waals surface area contributed by atoms with E-state index in [0.29, 0.717) is 0 Å². The lowest BCUT2D eigenvalue weighted by Crippen LogP contribution is -2.15. The lowest BCUT2D eigenvalue weighted by molar-refractivity contribution is -0.134. The van der Waals surface area contributed by atoms with E-state index in [1.54, 1.807) is 0 Å². The van der Waals surface area contributed by atoms with Crippen molar-refractivity contribution < 1.29 is 9.90 Å². The zero-order valence-electron chi connectivity index (χ0n) is 13.8. The summed E-state index contributed by atoms with van der Waals surface area (Å²) in [5.74, 6) is -0.848. The van der Waals surface area contributed by atoms with Gasteiger partial charge in [-0.15, -0.1) is 0 Å². The predicted octanol–water partition coefficient (Wildman–Crippen LogP) is 4.06. The number of carbonyl (C=O) groups is 1. The Kier molecular flexibility index (Phi) is 5.36.